The van der Waals surface area contributed by atoms with Crippen molar-refractivity contribution >= 4 is 43.2 Å². The number of thiol groups is 2. The summed E-state index contributed by atoms with van der Waals surface area (Å²) >= 11 is 7.47. The summed E-state index contributed by atoms with van der Waals surface area (Å²) in [5.41, 5.74) is 5.22. The second-order valence-electron chi connectivity index (χ2n) is 3.92. The lowest BCUT2D eigenvalue weighted by Crippen LogP contribution is -2.45. The van der Waals surface area contributed by atoms with Crippen molar-refractivity contribution in [2.45, 2.75) is 36.3 Å². The molecule has 0 aromatic rings. The van der Waals surface area contributed by atoms with E-state index in [1.165, 1.54) is 0 Å². The van der Waals surface area contributed by atoms with Gasteiger partial charge in [0.25, 0.3) is 0 Å². The second-order valence-corrected chi connectivity index (χ2v) is 5.70. The quantitative estimate of drug-likeness (QED) is 0.391. The van der Waals surface area contributed by atoms with Crippen LogP contribution in [0.2, 0.25) is 0 Å². The van der Waals surface area contributed by atoms with E-state index < -0.39 is 40.4 Å². The molecule has 0 heterocycles. The molecule has 0 amide bonds. The summed E-state index contributed by atoms with van der Waals surface area (Å²) in [6, 6.07) is -0.902. The standard InChI is InChI=1S/C5H11NO2S.C4H6O4S/c1-5(2,9)3(6)4(7)8;5-3(6)1-2(9)4(7)8/h3,9H,6H2,1-2H3,(H,7,8);2,9H,1H2,(H,5,6)(H,7,8). The first kappa shape index (κ1) is 19.4. The molecule has 0 rings (SSSR count). The van der Waals surface area contributed by atoms with Crippen LogP contribution in [0.4, 0.5) is 0 Å². The van der Waals surface area contributed by atoms with Gasteiger partial charge in [-0.15, -0.1) is 0 Å². The molecule has 7 nitrogen and oxygen atoms in total. The van der Waals surface area contributed by atoms with Crippen LogP contribution < -0.4 is 5.73 Å². The minimum absolute atomic E-state index is 0.446. The number of hydrogen-bond donors (Lipinski definition) is 6. The Labute approximate surface area is 115 Å². The van der Waals surface area contributed by atoms with Crippen molar-refractivity contribution in [3.63, 3.8) is 0 Å². The van der Waals surface area contributed by atoms with E-state index in [1.807, 2.05) is 0 Å². The van der Waals surface area contributed by atoms with E-state index >= 15 is 0 Å². The van der Waals surface area contributed by atoms with Gasteiger partial charge in [-0.1, -0.05) is 0 Å². The van der Waals surface area contributed by atoms with E-state index in [2.05, 4.69) is 25.3 Å². The molecule has 0 saturated heterocycles. The third kappa shape index (κ3) is 10.2. The van der Waals surface area contributed by atoms with Crippen LogP contribution in [0.3, 0.4) is 0 Å². The van der Waals surface area contributed by atoms with Gasteiger partial charge in [-0.2, -0.15) is 25.3 Å². The highest BCUT2D eigenvalue weighted by molar-refractivity contribution is 7.82. The van der Waals surface area contributed by atoms with Crippen LogP contribution >= 0.6 is 25.3 Å². The van der Waals surface area contributed by atoms with E-state index in [9.17, 15) is 14.4 Å². The zero-order chi connectivity index (χ0) is 15.1. The molecule has 9 heteroatoms. The Morgan fingerprint density at radius 3 is 1.61 bits per heavy atom. The molecular formula is C9H17NO6S2. The Morgan fingerprint density at radius 2 is 1.56 bits per heavy atom. The average molecular weight is 299 g/mol. The predicted octanol–water partition coefficient (Wildman–Crippen LogP) is -0.0492. The molecular weight excluding hydrogens is 282 g/mol. The lowest BCUT2D eigenvalue weighted by molar-refractivity contribution is -0.142. The number of rotatable bonds is 5. The fourth-order valence-electron chi connectivity index (χ4n) is 0.555. The fraction of sp³-hybridized carbons (Fsp3) is 0.667. The highest BCUT2D eigenvalue weighted by Crippen LogP contribution is 2.15. The van der Waals surface area contributed by atoms with Crippen LogP contribution in [-0.2, 0) is 14.4 Å². The van der Waals surface area contributed by atoms with Gasteiger partial charge in [0, 0.05) is 4.75 Å². The van der Waals surface area contributed by atoms with Crippen LogP contribution in [0.5, 0.6) is 0 Å². The zero-order valence-corrected chi connectivity index (χ0v) is 11.7. The smallest absolute Gasteiger partial charge is 0.321 e. The molecule has 0 aliphatic carbocycles. The van der Waals surface area contributed by atoms with Gasteiger partial charge in [-0.25, -0.2) is 0 Å². The van der Waals surface area contributed by atoms with Crippen LogP contribution in [-0.4, -0.2) is 49.3 Å². The highest BCUT2D eigenvalue weighted by atomic mass is 32.1. The number of hydrogen-bond acceptors (Lipinski definition) is 6. The van der Waals surface area contributed by atoms with Gasteiger partial charge in [-0.3, -0.25) is 14.4 Å². The summed E-state index contributed by atoms with van der Waals surface area (Å²) in [6.45, 7) is 3.32. The van der Waals surface area contributed by atoms with Crippen molar-refractivity contribution in [1.29, 1.82) is 0 Å². The van der Waals surface area contributed by atoms with Crippen molar-refractivity contribution in [3.05, 3.63) is 0 Å². The van der Waals surface area contributed by atoms with Gasteiger partial charge in [0.2, 0.25) is 0 Å². The molecule has 18 heavy (non-hydrogen) atoms. The highest BCUT2D eigenvalue weighted by Gasteiger charge is 2.27. The van der Waals surface area contributed by atoms with Gasteiger partial charge < -0.3 is 21.1 Å². The molecule has 2 unspecified atom stereocenters. The summed E-state index contributed by atoms with van der Waals surface area (Å²) in [7, 11) is 0. The monoisotopic (exact) mass is 299 g/mol. The molecule has 0 bridgehead atoms. The van der Waals surface area contributed by atoms with E-state index in [4.69, 9.17) is 21.1 Å². The Bertz CT molecular complexity index is 315. The van der Waals surface area contributed by atoms with Gasteiger partial charge in [0.15, 0.2) is 0 Å². The van der Waals surface area contributed by atoms with Gasteiger partial charge >= 0.3 is 17.9 Å². The van der Waals surface area contributed by atoms with E-state index in [0.29, 0.717) is 0 Å². The van der Waals surface area contributed by atoms with Crippen molar-refractivity contribution in [2.24, 2.45) is 5.73 Å². The van der Waals surface area contributed by atoms with Gasteiger partial charge in [0.05, 0.1) is 6.42 Å². The summed E-state index contributed by atoms with van der Waals surface area (Å²) in [5, 5.41) is 23.4. The lowest BCUT2D eigenvalue weighted by atomic mass is 10.1. The number of carboxylic acids is 3. The molecule has 0 aromatic heterocycles. The minimum Gasteiger partial charge on any atom is -0.481 e. The van der Waals surface area contributed by atoms with Crippen LogP contribution in [0, 0.1) is 0 Å². The summed E-state index contributed by atoms with van der Waals surface area (Å²) in [6.07, 6.45) is -0.446. The Balaban J connectivity index is 0. The lowest BCUT2D eigenvalue weighted by Gasteiger charge is -2.21. The van der Waals surface area contributed by atoms with Crippen molar-refractivity contribution in [1.82, 2.24) is 0 Å². The molecule has 106 valence electrons. The Morgan fingerprint density at radius 1 is 1.17 bits per heavy atom. The summed E-state index contributed by atoms with van der Waals surface area (Å²) < 4.78 is -0.647. The van der Waals surface area contributed by atoms with E-state index in [1.54, 1.807) is 13.8 Å². The normalized spacial score (nSPS) is 13.8. The van der Waals surface area contributed by atoms with Crippen molar-refractivity contribution < 1.29 is 29.7 Å². The SMILES string of the molecule is CC(C)(S)C(N)C(=O)O.O=C(O)CC(S)C(=O)O. The fourth-order valence-corrected chi connectivity index (χ4v) is 0.822. The van der Waals surface area contributed by atoms with Crippen LogP contribution in [0.25, 0.3) is 0 Å². The van der Waals surface area contributed by atoms with Crippen molar-refractivity contribution in [3.8, 4) is 0 Å². The molecule has 0 aromatic carbocycles. The third-order valence-electron chi connectivity index (χ3n) is 1.68. The first-order chi connectivity index (χ1) is 7.89. The Hall–Kier alpha value is -0.930. The molecule has 0 aliphatic heterocycles. The minimum atomic E-state index is -1.21. The van der Waals surface area contributed by atoms with Gasteiger partial charge in [0.1, 0.15) is 11.3 Å². The second kappa shape index (κ2) is 8.22. The van der Waals surface area contributed by atoms with Crippen molar-refractivity contribution in [2.75, 3.05) is 0 Å². The van der Waals surface area contributed by atoms with E-state index in [0.717, 1.165) is 0 Å². The van der Waals surface area contributed by atoms with E-state index in [-0.39, 0.29) is 0 Å². The first-order valence-corrected chi connectivity index (χ1v) is 5.69. The molecule has 0 fully saturated rings. The zero-order valence-electron chi connectivity index (χ0n) is 9.90. The summed E-state index contributed by atoms with van der Waals surface area (Å²) in [4.78, 5) is 29.9. The Kier molecular flexibility index (Phi) is 8.87. The average Bonchev–Trinajstić information content (AvgIpc) is 2.14. The van der Waals surface area contributed by atoms with Crippen LogP contribution in [0.1, 0.15) is 20.3 Å². The third-order valence-corrected chi connectivity index (χ3v) is 2.36. The molecule has 0 radical (unpaired) electrons. The topological polar surface area (TPSA) is 138 Å². The predicted molar refractivity (Wildman–Crippen MR) is 71.3 cm³/mol. The maximum absolute atomic E-state index is 10.2. The molecule has 5 N–H and O–H groups in total. The number of aliphatic carboxylic acids is 3. The molecule has 0 spiro atoms. The number of carboxylic acid groups (broad SMARTS) is 3. The molecule has 2 atom stereocenters. The molecule has 0 saturated carbocycles. The molecule has 0 aliphatic rings. The van der Waals surface area contributed by atoms with Gasteiger partial charge in [-0.05, 0) is 13.8 Å². The number of nitrogens with two attached hydrogens (primary N) is 1. The first-order valence-electron chi connectivity index (χ1n) is 4.73. The maximum Gasteiger partial charge on any atom is 0.321 e. The van der Waals surface area contributed by atoms with Crippen LogP contribution in [0.15, 0.2) is 0 Å². The summed E-state index contributed by atoms with van der Waals surface area (Å²) in [5.74, 6) is -3.38. The largest absolute Gasteiger partial charge is 0.481 e. The number of carbonyl (C=O) groups is 3. The maximum atomic E-state index is 10.2.